The number of thiocarbonyl (C=S) groups is 1. The van der Waals surface area contributed by atoms with Crippen LogP contribution in [0.4, 0.5) is 10.2 Å². The van der Waals surface area contributed by atoms with Crippen LogP contribution >= 0.6 is 24.0 Å². The fourth-order valence-electron chi connectivity index (χ4n) is 5.15. The first-order valence-corrected chi connectivity index (χ1v) is 13.3. The molecule has 0 spiro atoms. The van der Waals surface area contributed by atoms with Gasteiger partial charge in [-0.15, -0.1) is 0 Å². The summed E-state index contributed by atoms with van der Waals surface area (Å²) in [4.78, 5) is 30.8. The third-order valence-electron chi connectivity index (χ3n) is 6.73. The van der Waals surface area contributed by atoms with Crippen molar-refractivity contribution in [2.75, 3.05) is 18.0 Å². The summed E-state index contributed by atoms with van der Waals surface area (Å²) in [5.74, 6) is 1.07. The summed E-state index contributed by atoms with van der Waals surface area (Å²) in [6, 6.07) is 8.06. The Labute approximate surface area is 220 Å². The minimum absolute atomic E-state index is 0.0896. The van der Waals surface area contributed by atoms with Crippen LogP contribution in [0.5, 0.6) is 0 Å². The molecule has 0 bridgehead atoms. The molecule has 1 amide bonds. The Morgan fingerprint density at radius 1 is 1.19 bits per heavy atom. The van der Waals surface area contributed by atoms with Crippen LogP contribution in [0.3, 0.4) is 0 Å². The summed E-state index contributed by atoms with van der Waals surface area (Å²) in [6.45, 7) is 10.3. The Hall–Kier alpha value is -2.96. The van der Waals surface area contributed by atoms with E-state index in [1.165, 1.54) is 28.8 Å². The van der Waals surface area contributed by atoms with Crippen LogP contribution in [0.1, 0.15) is 49.4 Å². The minimum atomic E-state index is -0.340. The molecule has 2 aromatic rings. The highest BCUT2D eigenvalue weighted by Crippen LogP contribution is 2.37. The molecule has 0 N–H and O–H groups in total. The molecule has 2 unspecified atom stereocenters. The van der Waals surface area contributed by atoms with E-state index >= 15 is 0 Å². The Morgan fingerprint density at radius 3 is 2.42 bits per heavy atom. The monoisotopic (exact) mass is 524 g/mol. The first-order chi connectivity index (χ1) is 17.1. The molecule has 2 fully saturated rings. The molecule has 0 saturated carbocycles. The van der Waals surface area contributed by atoms with Crippen LogP contribution in [-0.2, 0) is 17.9 Å². The van der Waals surface area contributed by atoms with Gasteiger partial charge < -0.3 is 4.90 Å². The van der Waals surface area contributed by atoms with Gasteiger partial charge in [-0.2, -0.15) is 5.26 Å². The number of aromatic nitrogens is 1. The second kappa shape index (κ2) is 10.6. The third-order valence-corrected chi connectivity index (χ3v) is 8.11. The summed E-state index contributed by atoms with van der Waals surface area (Å²) in [7, 11) is 0. The maximum Gasteiger partial charge on any atom is 0.270 e. The number of nitriles is 1. The number of halogens is 1. The van der Waals surface area contributed by atoms with Crippen molar-refractivity contribution >= 4 is 46.1 Å². The number of thioether (sulfide) groups is 1. The highest BCUT2D eigenvalue weighted by Gasteiger charge is 2.34. The number of rotatable bonds is 5. The van der Waals surface area contributed by atoms with Crippen LogP contribution < -0.4 is 10.5 Å². The first-order valence-electron chi connectivity index (χ1n) is 12.1. The second-order valence-corrected chi connectivity index (χ2v) is 11.3. The van der Waals surface area contributed by atoms with E-state index in [1.807, 2.05) is 6.92 Å². The molecule has 0 radical (unpaired) electrons. The Morgan fingerprint density at radius 2 is 1.83 bits per heavy atom. The predicted octanol–water partition coefficient (Wildman–Crippen LogP) is 5.07. The lowest BCUT2D eigenvalue weighted by molar-refractivity contribution is -0.122. The van der Waals surface area contributed by atoms with Gasteiger partial charge in [-0.3, -0.25) is 19.1 Å². The van der Waals surface area contributed by atoms with Crippen LogP contribution in [-0.4, -0.2) is 32.8 Å². The van der Waals surface area contributed by atoms with Gasteiger partial charge in [0.25, 0.3) is 11.5 Å². The van der Waals surface area contributed by atoms with Crippen LogP contribution in [0.15, 0.2) is 34.0 Å². The number of carbonyl (C=O) groups excluding carboxylic acids is 1. The number of hydrogen-bond donors (Lipinski definition) is 0. The molecule has 0 aliphatic carbocycles. The van der Waals surface area contributed by atoms with E-state index in [1.54, 1.807) is 29.7 Å². The molecule has 1 aromatic carbocycles. The molecule has 4 rings (SSSR count). The van der Waals surface area contributed by atoms with Crippen molar-refractivity contribution in [2.45, 2.75) is 47.2 Å². The SMILES string of the molecule is CCn1c(N2CC(C)CC(C)C2)c(/C=C2\SC(=S)N(Cc3ccc(F)cc3)C2=O)c(C)c(C#N)c1=O. The van der Waals surface area contributed by atoms with Crippen molar-refractivity contribution < 1.29 is 9.18 Å². The van der Waals surface area contributed by atoms with E-state index in [0.29, 0.717) is 38.7 Å². The van der Waals surface area contributed by atoms with E-state index in [0.717, 1.165) is 30.9 Å². The summed E-state index contributed by atoms with van der Waals surface area (Å²) < 4.78 is 15.4. The van der Waals surface area contributed by atoms with Crippen LogP contribution in [0.2, 0.25) is 0 Å². The van der Waals surface area contributed by atoms with Gasteiger partial charge in [0.2, 0.25) is 0 Å². The number of piperidine rings is 1. The normalized spacial score (nSPS) is 21.4. The molecule has 3 heterocycles. The molecule has 2 aliphatic heterocycles. The highest BCUT2D eigenvalue weighted by atomic mass is 32.2. The first kappa shape index (κ1) is 26.1. The molecule has 36 heavy (non-hydrogen) atoms. The number of anilines is 1. The van der Waals surface area contributed by atoms with Crippen molar-refractivity contribution in [1.82, 2.24) is 9.47 Å². The number of benzene rings is 1. The lowest BCUT2D eigenvalue weighted by atomic mass is 9.91. The number of carbonyl (C=O) groups is 1. The van der Waals surface area contributed by atoms with E-state index in [4.69, 9.17) is 12.2 Å². The third kappa shape index (κ3) is 4.97. The molecule has 2 aliphatic rings. The van der Waals surface area contributed by atoms with Gasteiger partial charge >= 0.3 is 0 Å². The topological polar surface area (TPSA) is 69.3 Å². The maximum atomic E-state index is 13.4. The van der Waals surface area contributed by atoms with Crippen molar-refractivity contribution in [1.29, 1.82) is 5.26 Å². The molecule has 2 saturated heterocycles. The van der Waals surface area contributed by atoms with Crippen molar-refractivity contribution in [3.63, 3.8) is 0 Å². The van der Waals surface area contributed by atoms with E-state index in [-0.39, 0.29) is 29.4 Å². The van der Waals surface area contributed by atoms with Crippen LogP contribution in [0.25, 0.3) is 6.08 Å². The molecular weight excluding hydrogens is 495 g/mol. The molecule has 9 heteroatoms. The summed E-state index contributed by atoms with van der Waals surface area (Å²) >= 11 is 6.71. The summed E-state index contributed by atoms with van der Waals surface area (Å²) in [5, 5.41) is 9.78. The number of nitrogens with zero attached hydrogens (tertiary/aromatic N) is 4. The fraction of sp³-hybridized carbons (Fsp3) is 0.407. The van der Waals surface area contributed by atoms with E-state index in [9.17, 15) is 19.2 Å². The van der Waals surface area contributed by atoms with E-state index < -0.39 is 0 Å². The largest absolute Gasteiger partial charge is 0.357 e. The maximum absolute atomic E-state index is 13.4. The number of hydrogen-bond acceptors (Lipinski definition) is 6. The Balaban J connectivity index is 1.81. The quantitative estimate of drug-likeness (QED) is 0.402. The van der Waals surface area contributed by atoms with Crippen molar-refractivity contribution in [2.24, 2.45) is 11.8 Å². The van der Waals surface area contributed by atoms with Gasteiger partial charge in [0.05, 0.1) is 11.4 Å². The smallest absolute Gasteiger partial charge is 0.270 e. The lowest BCUT2D eigenvalue weighted by Crippen LogP contribution is -2.42. The fourth-order valence-corrected chi connectivity index (χ4v) is 6.39. The Kier molecular flexibility index (Phi) is 7.67. The Bertz CT molecular complexity index is 1330. The predicted molar refractivity (Wildman–Crippen MR) is 146 cm³/mol. The zero-order valence-corrected chi connectivity index (χ0v) is 22.5. The second-order valence-electron chi connectivity index (χ2n) is 9.64. The highest BCUT2D eigenvalue weighted by molar-refractivity contribution is 8.26. The zero-order chi connectivity index (χ0) is 26.1. The average Bonchev–Trinajstić information content (AvgIpc) is 3.09. The molecule has 6 nitrogen and oxygen atoms in total. The van der Waals surface area contributed by atoms with Gasteiger partial charge in [-0.05, 0) is 61.4 Å². The summed E-state index contributed by atoms with van der Waals surface area (Å²) in [6.07, 6.45) is 2.89. The molecular formula is C27H29FN4O2S2. The van der Waals surface area contributed by atoms with Crippen molar-refractivity contribution in [3.8, 4) is 6.07 Å². The van der Waals surface area contributed by atoms with Crippen LogP contribution in [0, 0.1) is 35.9 Å². The number of amides is 1. The summed E-state index contributed by atoms with van der Waals surface area (Å²) in [5.41, 5.74) is 1.83. The van der Waals surface area contributed by atoms with E-state index in [2.05, 4.69) is 24.8 Å². The number of pyridine rings is 1. The van der Waals surface area contributed by atoms with Gasteiger partial charge in [-0.1, -0.05) is 50.0 Å². The molecule has 188 valence electrons. The molecule has 2 atom stereocenters. The average molecular weight is 525 g/mol. The van der Waals surface area contributed by atoms with Gasteiger partial charge in [0.1, 0.15) is 27.6 Å². The van der Waals surface area contributed by atoms with Gasteiger partial charge in [0, 0.05) is 25.2 Å². The van der Waals surface area contributed by atoms with Gasteiger partial charge in [0.15, 0.2) is 0 Å². The standard InChI is InChI=1S/C27H29FN4O2S2/c1-5-31-24(30-13-16(2)10-17(3)14-30)21(18(4)22(12-29)25(31)33)11-23-26(34)32(27(35)36-23)15-19-6-8-20(28)9-7-19/h6-9,11,16-17H,5,10,13-15H2,1-4H3/b23-11-. The minimum Gasteiger partial charge on any atom is -0.357 e. The zero-order valence-electron chi connectivity index (χ0n) is 20.9. The molecule has 1 aromatic heterocycles. The van der Waals surface area contributed by atoms with Gasteiger partial charge in [-0.25, -0.2) is 4.39 Å². The lowest BCUT2D eigenvalue weighted by Gasteiger charge is -2.38. The van der Waals surface area contributed by atoms with Crippen molar-refractivity contribution in [3.05, 3.63) is 67.6 Å².